The normalized spacial score (nSPS) is 13.9. The van der Waals surface area contributed by atoms with Gasteiger partial charge in [-0.2, -0.15) is 0 Å². The number of aliphatic hydroxyl groups is 1. The zero-order valence-corrected chi connectivity index (χ0v) is 30.3. The van der Waals surface area contributed by atoms with E-state index in [0.29, 0.717) is 58.4 Å². The lowest BCUT2D eigenvalue weighted by Gasteiger charge is -2.18. The number of hydrogen-bond donors (Lipinski definition) is 3. The molecule has 0 spiro atoms. The van der Waals surface area contributed by atoms with Crippen molar-refractivity contribution in [2.75, 3.05) is 18.5 Å². The summed E-state index contributed by atoms with van der Waals surface area (Å²) >= 11 is 6.51. The van der Waals surface area contributed by atoms with Gasteiger partial charge in [-0.15, -0.1) is 0 Å². The number of aliphatic hydroxyl groups excluding tert-OH is 1. The van der Waals surface area contributed by atoms with Gasteiger partial charge >= 0.3 is 6.03 Å². The van der Waals surface area contributed by atoms with Crippen LogP contribution in [0.25, 0.3) is 22.3 Å². The zero-order valence-electron chi connectivity index (χ0n) is 28.6. The molecule has 4 aromatic rings. The maximum absolute atomic E-state index is 12.2. The lowest BCUT2D eigenvalue weighted by molar-refractivity contribution is 0.0834. The molecule has 3 N–H and O–H groups in total. The summed E-state index contributed by atoms with van der Waals surface area (Å²) < 4.78 is 20.4. The van der Waals surface area contributed by atoms with Crippen molar-refractivity contribution in [1.82, 2.24) is 19.9 Å². The highest BCUT2D eigenvalue weighted by atomic mass is 35.5. The number of hydrogen-bond acceptors (Lipinski definition) is 7. The molecule has 2 aromatic heterocycles. The van der Waals surface area contributed by atoms with E-state index >= 15 is 0 Å². The molecule has 0 saturated heterocycles. The first-order valence-corrected chi connectivity index (χ1v) is 21.0. The molecule has 2 aromatic carbocycles. The second kappa shape index (κ2) is 16.2. The SMILES string of the molecule is CCC(CC)C[C@H](O)COc1ccc(-c2cc3c(Oc4ccc(NC(=O)NC5CC5)c(Cl)c4)ncnc3n2COCC[Si](C)(C)C)cc1. The molecule has 5 rings (SSSR count). The monoisotopic (exact) mass is 693 g/mol. The third kappa shape index (κ3) is 9.94. The van der Waals surface area contributed by atoms with Crippen molar-refractivity contribution in [3.05, 3.63) is 59.9 Å². The molecule has 0 bridgehead atoms. The number of urea groups is 1. The Balaban J connectivity index is 1.36. The minimum absolute atomic E-state index is 0.240. The molecule has 2 heterocycles. The second-order valence-corrected chi connectivity index (χ2v) is 19.8. The Hall–Kier alpha value is -3.64. The third-order valence-electron chi connectivity index (χ3n) is 8.54. The lowest BCUT2D eigenvalue weighted by Crippen LogP contribution is -2.30. The molecule has 2 amide bonds. The van der Waals surface area contributed by atoms with Gasteiger partial charge in [-0.1, -0.05) is 57.9 Å². The second-order valence-electron chi connectivity index (χ2n) is 13.7. The molecule has 12 heteroatoms. The van der Waals surface area contributed by atoms with Gasteiger partial charge in [0.25, 0.3) is 0 Å². The number of aromatic nitrogens is 3. The molecule has 0 aliphatic heterocycles. The van der Waals surface area contributed by atoms with Crippen molar-refractivity contribution in [3.63, 3.8) is 0 Å². The van der Waals surface area contributed by atoms with Crippen molar-refractivity contribution in [2.24, 2.45) is 5.92 Å². The van der Waals surface area contributed by atoms with E-state index in [1.807, 2.05) is 34.9 Å². The number of fused-ring (bicyclic) bond motifs is 1. The summed E-state index contributed by atoms with van der Waals surface area (Å²) in [5.74, 6) is 2.04. The van der Waals surface area contributed by atoms with Crippen molar-refractivity contribution in [2.45, 2.75) is 90.5 Å². The standard InChI is InChI=1S/C36H48ClN5O5Si/c1-6-24(7-2)18-27(43)21-46-28-12-8-25(9-13-28)33-20-30-34(42(33)23-45-16-17-48(3,4)5)38-22-39-35(30)47-29-14-15-32(31(37)19-29)41-36(44)40-26-10-11-26/h8-9,12-15,19-20,22,24,26-27,43H,6-7,10-11,16-18,21,23H2,1-5H3,(H2,40,41,44)/t27-/m0/s1. The van der Waals surface area contributed by atoms with Gasteiger partial charge in [0, 0.05) is 26.8 Å². The average Bonchev–Trinajstić information content (AvgIpc) is 3.79. The molecule has 1 saturated carbocycles. The average molecular weight is 694 g/mol. The van der Waals surface area contributed by atoms with Crippen LogP contribution in [0.15, 0.2) is 54.9 Å². The minimum Gasteiger partial charge on any atom is -0.491 e. The summed E-state index contributed by atoms with van der Waals surface area (Å²) in [6.45, 7) is 12.5. The van der Waals surface area contributed by atoms with Crippen LogP contribution in [0, 0.1) is 5.92 Å². The number of nitrogens with zero attached hydrogens (tertiary/aromatic N) is 3. The summed E-state index contributed by atoms with van der Waals surface area (Å²) in [4.78, 5) is 21.3. The number of nitrogens with one attached hydrogen (secondary N) is 2. The minimum atomic E-state index is -1.27. The van der Waals surface area contributed by atoms with E-state index < -0.39 is 14.2 Å². The number of carbonyl (C=O) groups excluding carboxylic acids is 1. The van der Waals surface area contributed by atoms with E-state index in [9.17, 15) is 9.90 Å². The van der Waals surface area contributed by atoms with E-state index in [0.717, 1.165) is 49.4 Å². The van der Waals surface area contributed by atoms with Crippen LogP contribution >= 0.6 is 11.6 Å². The topological polar surface area (TPSA) is 120 Å². The Morgan fingerprint density at radius 1 is 1.06 bits per heavy atom. The molecule has 10 nitrogen and oxygen atoms in total. The van der Waals surface area contributed by atoms with E-state index in [1.165, 1.54) is 6.33 Å². The van der Waals surface area contributed by atoms with Gasteiger partial charge in [0.1, 0.15) is 36.8 Å². The highest BCUT2D eigenvalue weighted by Gasteiger charge is 2.24. The van der Waals surface area contributed by atoms with Gasteiger partial charge in [-0.3, -0.25) is 0 Å². The lowest BCUT2D eigenvalue weighted by atomic mass is 9.96. The summed E-state index contributed by atoms with van der Waals surface area (Å²) in [6.07, 6.45) is 5.80. The number of ether oxygens (including phenoxy) is 3. The van der Waals surface area contributed by atoms with E-state index in [-0.39, 0.29) is 18.7 Å². The first-order valence-electron chi connectivity index (χ1n) is 16.9. The van der Waals surface area contributed by atoms with Crippen LogP contribution in [0.5, 0.6) is 17.4 Å². The van der Waals surface area contributed by atoms with Crippen LogP contribution in [0.4, 0.5) is 10.5 Å². The Morgan fingerprint density at radius 3 is 2.46 bits per heavy atom. The quantitative estimate of drug-likeness (QED) is 0.0747. The van der Waals surface area contributed by atoms with Gasteiger partial charge in [0.15, 0.2) is 0 Å². The van der Waals surface area contributed by atoms with Gasteiger partial charge in [-0.05, 0) is 79.3 Å². The Kier molecular flexibility index (Phi) is 12.0. The fourth-order valence-corrected chi connectivity index (χ4v) is 6.33. The number of anilines is 1. The number of halogens is 1. The van der Waals surface area contributed by atoms with E-state index in [2.05, 4.69) is 54.1 Å². The van der Waals surface area contributed by atoms with Gasteiger partial charge in [0.05, 0.1) is 27.9 Å². The molecule has 258 valence electrons. The Bertz CT molecular complexity index is 1670. The Morgan fingerprint density at radius 2 is 1.79 bits per heavy atom. The van der Waals surface area contributed by atoms with Crippen molar-refractivity contribution in [1.29, 1.82) is 0 Å². The molecule has 1 atom stereocenters. The van der Waals surface area contributed by atoms with Crippen LogP contribution in [0.3, 0.4) is 0 Å². The molecule has 1 aliphatic carbocycles. The van der Waals surface area contributed by atoms with Gasteiger partial charge in [-0.25, -0.2) is 14.8 Å². The molecular formula is C36H48ClN5O5Si. The van der Waals surface area contributed by atoms with Crippen LogP contribution in [0.1, 0.15) is 46.0 Å². The van der Waals surface area contributed by atoms with Crippen molar-refractivity contribution >= 4 is 42.4 Å². The third-order valence-corrected chi connectivity index (χ3v) is 10.6. The maximum Gasteiger partial charge on any atom is 0.319 e. The fourth-order valence-electron chi connectivity index (χ4n) is 5.36. The summed E-state index contributed by atoms with van der Waals surface area (Å²) in [7, 11) is -1.27. The predicted octanol–water partition coefficient (Wildman–Crippen LogP) is 8.71. The highest BCUT2D eigenvalue weighted by molar-refractivity contribution is 6.76. The summed E-state index contributed by atoms with van der Waals surface area (Å²) in [5, 5.41) is 17.2. The van der Waals surface area contributed by atoms with Crippen molar-refractivity contribution in [3.8, 4) is 28.6 Å². The van der Waals surface area contributed by atoms with E-state index in [1.54, 1.807) is 18.2 Å². The molecule has 1 aliphatic rings. The first kappa shape index (κ1) is 35.7. The van der Waals surface area contributed by atoms with Crippen LogP contribution in [-0.2, 0) is 11.5 Å². The van der Waals surface area contributed by atoms with Gasteiger partial charge in [0.2, 0.25) is 5.88 Å². The predicted molar refractivity (Wildman–Crippen MR) is 194 cm³/mol. The molecule has 48 heavy (non-hydrogen) atoms. The Labute approximate surface area is 289 Å². The number of amides is 2. The smallest absolute Gasteiger partial charge is 0.319 e. The van der Waals surface area contributed by atoms with Crippen LogP contribution in [0.2, 0.25) is 30.7 Å². The first-order chi connectivity index (χ1) is 23.0. The molecular weight excluding hydrogens is 646 g/mol. The summed E-state index contributed by atoms with van der Waals surface area (Å²) in [5.41, 5.74) is 3.00. The number of carbonyl (C=O) groups is 1. The van der Waals surface area contributed by atoms with Gasteiger partial charge < -0.3 is 34.5 Å². The largest absolute Gasteiger partial charge is 0.491 e. The molecule has 0 radical (unpaired) electrons. The summed E-state index contributed by atoms with van der Waals surface area (Å²) in [6, 6.07) is 15.9. The van der Waals surface area contributed by atoms with Crippen LogP contribution < -0.4 is 20.1 Å². The molecule has 1 fully saturated rings. The van der Waals surface area contributed by atoms with Crippen LogP contribution in [-0.4, -0.2) is 59.1 Å². The number of benzene rings is 2. The maximum atomic E-state index is 12.2. The number of rotatable bonds is 17. The molecule has 0 unspecified atom stereocenters. The fraction of sp³-hybridized carbons (Fsp3) is 0.472. The van der Waals surface area contributed by atoms with Crippen molar-refractivity contribution < 1.29 is 24.1 Å². The highest BCUT2D eigenvalue weighted by Crippen LogP contribution is 2.36. The van der Waals surface area contributed by atoms with E-state index in [4.69, 9.17) is 25.8 Å². The zero-order chi connectivity index (χ0) is 34.3.